The van der Waals surface area contributed by atoms with Crippen LogP contribution in [-0.2, 0) is 21.9 Å². The highest BCUT2D eigenvalue weighted by Gasteiger charge is 2.27. The Labute approximate surface area is 170 Å². The van der Waals surface area contributed by atoms with Crippen molar-refractivity contribution in [1.82, 2.24) is 10.2 Å². The molecule has 0 heterocycles. The molecular weight excluding hydrogens is 375 g/mol. The minimum atomic E-state index is -0.553. The van der Waals surface area contributed by atoms with Crippen molar-refractivity contribution >= 4 is 23.6 Å². The van der Waals surface area contributed by atoms with Gasteiger partial charge in [-0.1, -0.05) is 48.9 Å². The van der Waals surface area contributed by atoms with Crippen LogP contribution in [0.4, 0.5) is 4.39 Å². The summed E-state index contributed by atoms with van der Waals surface area (Å²) in [5.41, 5.74) is 3.15. The molecule has 0 fully saturated rings. The molecule has 0 aliphatic rings. The van der Waals surface area contributed by atoms with E-state index in [9.17, 15) is 14.0 Å². The van der Waals surface area contributed by atoms with E-state index in [1.54, 1.807) is 24.1 Å². The second kappa shape index (κ2) is 10.9. The third-order valence-electron chi connectivity index (χ3n) is 4.51. The number of hydrogen-bond donors (Lipinski definition) is 1. The Morgan fingerprint density at radius 1 is 1.07 bits per heavy atom. The van der Waals surface area contributed by atoms with E-state index in [-0.39, 0.29) is 29.9 Å². The number of halogens is 1. The van der Waals surface area contributed by atoms with Crippen molar-refractivity contribution in [2.24, 2.45) is 0 Å². The van der Waals surface area contributed by atoms with Crippen LogP contribution in [0.15, 0.2) is 48.5 Å². The first kappa shape index (κ1) is 22.0. The van der Waals surface area contributed by atoms with E-state index in [2.05, 4.69) is 29.6 Å². The molecule has 0 radical (unpaired) electrons. The van der Waals surface area contributed by atoms with E-state index in [1.165, 1.54) is 29.5 Å². The molecule has 2 rings (SSSR count). The van der Waals surface area contributed by atoms with Gasteiger partial charge in [0, 0.05) is 19.3 Å². The molecule has 4 nitrogen and oxygen atoms in total. The lowest BCUT2D eigenvalue weighted by Gasteiger charge is -2.30. The number of carbonyl (C=O) groups excluding carboxylic acids is 2. The predicted molar refractivity (Wildman–Crippen MR) is 112 cm³/mol. The Morgan fingerprint density at radius 2 is 1.68 bits per heavy atom. The van der Waals surface area contributed by atoms with Crippen molar-refractivity contribution in [1.29, 1.82) is 0 Å². The van der Waals surface area contributed by atoms with E-state index < -0.39 is 6.04 Å². The number of benzene rings is 2. The molecule has 28 heavy (non-hydrogen) atoms. The van der Waals surface area contributed by atoms with Gasteiger partial charge in [0.2, 0.25) is 11.8 Å². The summed E-state index contributed by atoms with van der Waals surface area (Å²) < 4.78 is 13.2. The number of amides is 2. The molecule has 150 valence electrons. The van der Waals surface area contributed by atoms with Crippen molar-refractivity contribution in [3.63, 3.8) is 0 Å². The molecule has 1 N–H and O–H groups in total. The van der Waals surface area contributed by atoms with E-state index in [0.717, 1.165) is 16.9 Å². The van der Waals surface area contributed by atoms with E-state index in [1.807, 2.05) is 13.8 Å². The molecule has 0 aliphatic heterocycles. The predicted octanol–water partition coefficient (Wildman–Crippen LogP) is 3.92. The maximum Gasteiger partial charge on any atom is 0.242 e. The van der Waals surface area contributed by atoms with Gasteiger partial charge in [-0.3, -0.25) is 9.59 Å². The van der Waals surface area contributed by atoms with Crippen LogP contribution in [0.1, 0.15) is 30.0 Å². The van der Waals surface area contributed by atoms with Crippen molar-refractivity contribution in [3.05, 3.63) is 71.0 Å². The summed E-state index contributed by atoms with van der Waals surface area (Å²) in [6, 6.07) is 13.7. The summed E-state index contributed by atoms with van der Waals surface area (Å²) in [4.78, 5) is 26.8. The molecule has 0 bridgehead atoms. The fraction of sp³-hybridized carbons (Fsp3) is 0.364. The highest BCUT2D eigenvalue weighted by molar-refractivity contribution is 7.99. The summed E-state index contributed by atoms with van der Waals surface area (Å²) >= 11 is 1.53. The number of carbonyl (C=O) groups is 2. The highest BCUT2D eigenvalue weighted by Crippen LogP contribution is 2.18. The molecule has 2 amide bonds. The van der Waals surface area contributed by atoms with Crippen LogP contribution < -0.4 is 5.32 Å². The fourth-order valence-corrected chi connectivity index (χ4v) is 3.77. The normalized spacial score (nSPS) is 11.7. The Morgan fingerprint density at radius 3 is 2.25 bits per heavy atom. The monoisotopic (exact) mass is 402 g/mol. The maximum atomic E-state index is 13.2. The van der Waals surface area contributed by atoms with Crippen LogP contribution in [0, 0.1) is 12.7 Å². The second-order valence-corrected chi connectivity index (χ2v) is 7.65. The molecule has 2 aromatic rings. The maximum absolute atomic E-state index is 13.2. The topological polar surface area (TPSA) is 49.4 Å². The first-order chi connectivity index (χ1) is 13.4. The first-order valence-corrected chi connectivity index (χ1v) is 10.5. The molecule has 0 unspecified atom stereocenters. The fourth-order valence-electron chi connectivity index (χ4n) is 2.90. The van der Waals surface area contributed by atoms with Gasteiger partial charge in [0.05, 0.1) is 5.75 Å². The SMILES string of the molecule is CC[C@H](C(=O)NC)N(Cc1ccc(F)cc1)C(=O)CSCc1ccc(C)cc1. The lowest BCUT2D eigenvalue weighted by Crippen LogP contribution is -2.48. The van der Waals surface area contributed by atoms with Gasteiger partial charge in [-0.25, -0.2) is 4.39 Å². The van der Waals surface area contributed by atoms with Crippen LogP contribution >= 0.6 is 11.8 Å². The van der Waals surface area contributed by atoms with Crippen molar-refractivity contribution in [2.45, 2.75) is 38.6 Å². The Balaban J connectivity index is 2.07. The average Bonchev–Trinajstić information content (AvgIpc) is 2.70. The highest BCUT2D eigenvalue weighted by atomic mass is 32.2. The number of nitrogens with zero attached hydrogens (tertiary/aromatic N) is 1. The van der Waals surface area contributed by atoms with Crippen molar-refractivity contribution in [2.75, 3.05) is 12.8 Å². The average molecular weight is 403 g/mol. The van der Waals surface area contributed by atoms with E-state index >= 15 is 0 Å². The minimum absolute atomic E-state index is 0.100. The van der Waals surface area contributed by atoms with Crippen molar-refractivity contribution in [3.8, 4) is 0 Å². The molecular formula is C22H27FN2O2S. The van der Waals surface area contributed by atoms with Gasteiger partial charge in [0.1, 0.15) is 11.9 Å². The minimum Gasteiger partial charge on any atom is -0.357 e. The largest absolute Gasteiger partial charge is 0.357 e. The lowest BCUT2D eigenvalue weighted by molar-refractivity contribution is -0.139. The standard InChI is InChI=1S/C22H27FN2O2S/c1-4-20(22(27)24-3)25(13-17-9-11-19(23)12-10-17)21(26)15-28-14-18-7-5-16(2)6-8-18/h5-12,20H,4,13-15H2,1-3H3,(H,24,27)/t20-/m1/s1. The summed E-state index contributed by atoms with van der Waals surface area (Å²) in [6.45, 7) is 4.19. The van der Waals surface area contributed by atoms with Crippen LogP contribution in [0.2, 0.25) is 0 Å². The number of rotatable bonds is 9. The molecule has 2 aromatic carbocycles. The van der Waals surface area contributed by atoms with Gasteiger partial charge >= 0.3 is 0 Å². The Hall–Kier alpha value is -2.34. The first-order valence-electron chi connectivity index (χ1n) is 9.33. The quantitative estimate of drug-likeness (QED) is 0.692. The lowest BCUT2D eigenvalue weighted by atomic mass is 10.1. The van der Waals surface area contributed by atoms with Crippen molar-refractivity contribution < 1.29 is 14.0 Å². The van der Waals surface area contributed by atoms with Crippen LogP contribution in [0.5, 0.6) is 0 Å². The van der Waals surface area contributed by atoms with Gasteiger partial charge < -0.3 is 10.2 Å². The van der Waals surface area contributed by atoms with Gasteiger partial charge in [-0.05, 0) is 36.6 Å². The molecule has 0 aliphatic carbocycles. The molecule has 0 saturated heterocycles. The third kappa shape index (κ3) is 6.37. The number of aryl methyl sites for hydroxylation is 1. The van der Waals surface area contributed by atoms with Gasteiger partial charge in [-0.2, -0.15) is 0 Å². The van der Waals surface area contributed by atoms with E-state index in [4.69, 9.17) is 0 Å². The smallest absolute Gasteiger partial charge is 0.242 e. The number of nitrogens with one attached hydrogen (secondary N) is 1. The van der Waals surface area contributed by atoms with Crippen LogP contribution in [0.3, 0.4) is 0 Å². The second-order valence-electron chi connectivity index (χ2n) is 6.66. The molecule has 0 saturated carbocycles. The number of thioether (sulfide) groups is 1. The summed E-state index contributed by atoms with van der Waals surface area (Å²) in [6.07, 6.45) is 0.509. The summed E-state index contributed by atoms with van der Waals surface area (Å²) in [5.74, 6) is 0.391. The van der Waals surface area contributed by atoms with Gasteiger partial charge in [0.25, 0.3) is 0 Å². The zero-order valence-electron chi connectivity index (χ0n) is 16.6. The number of hydrogen-bond acceptors (Lipinski definition) is 3. The van der Waals surface area contributed by atoms with Gasteiger partial charge in [0.15, 0.2) is 0 Å². The Bertz CT molecular complexity index is 778. The number of likely N-dealkylation sites (N-methyl/N-ethyl adjacent to an activating group) is 1. The summed E-state index contributed by atoms with van der Waals surface area (Å²) in [7, 11) is 1.57. The third-order valence-corrected chi connectivity index (χ3v) is 5.50. The summed E-state index contributed by atoms with van der Waals surface area (Å²) in [5, 5.41) is 2.63. The zero-order valence-corrected chi connectivity index (χ0v) is 17.4. The van der Waals surface area contributed by atoms with Crippen LogP contribution in [-0.4, -0.2) is 35.6 Å². The van der Waals surface area contributed by atoms with E-state index in [0.29, 0.717) is 6.42 Å². The Kier molecular flexibility index (Phi) is 8.51. The zero-order chi connectivity index (χ0) is 20.5. The molecule has 0 spiro atoms. The molecule has 6 heteroatoms. The molecule has 1 atom stereocenters. The van der Waals surface area contributed by atoms with Gasteiger partial charge in [-0.15, -0.1) is 11.8 Å². The van der Waals surface area contributed by atoms with Crippen LogP contribution in [0.25, 0.3) is 0 Å². The molecule has 0 aromatic heterocycles.